The molecule has 0 saturated carbocycles. The zero-order valence-corrected chi connectivity index (χ0v) is 11.5. The molecule has 0 atom stereocenters. The number of rotatable bonds is 2. The SMILES string of the molecule is Cc1cccc(C)c1N=Cc1c(O)[nH]c2ccccc12. The fraction of sp³-hybridized carbons (Fsp3) is 0.118. The van der Waals surface area contributed by atoms with Crippen molar-refractivity contribution in [2.45, 2.75) is 13.8 Å². The molecule has 0 aliphatic heterocycles. The van der Waals surface area contributed by atoms with Crippen molar-refractivity contribution in [2.75, 3.05) is 0 Å². The van der Waals surface area contributed by atoms with Gasteiger partial charge in [0, 0.05) is 17.1 Å². The molecule has 0 amide bonds. The van der Waals surface area contributed by atoms with E-state index in [1.165, 1.54) is 0 Å². The van der Waals surface area contributed by atoms with Crippen molar-refractivity contribution in [3.8, 4) is 5.88 Å². The third kappa shape index (κ3) is 2.07. The largest absolute Gasteiger partial charge is 0.494 e. The highest BCUT2D eigenvalue weighted by molar-refractivity contribution is 6.02. The average Bonchev–Trinajstić information content (AvgIpc) is 2.74. The number of para-hydroxylation sites is 2. The van der Waals surface area contributed by atoms with Crippen LogP contribution in [-0.4, -0.2) is 16.3 Å². The lowest BCUT2D eigenvalue weighted by molar-refractivity contribution is 0.457. The van der Waals surface area contributed by atoms with Gasteiger partial charge >= 0.3 is 0 Å². The van der Waals surface area contributed by atoms with Gasteiger partial charge in [0.1, 0.15) is 0 Å². The Morgan fingerprint density at radius 2 is 1.70 bits per heavy atom. The standard InChI is InChI=1S/C17H16N2O/c1-11-6-5-7-12(2)16(11)18-10-14-13-8-3-4-9-15(13)19-17(14)20/h3-10,19-20H,1-2H3. The molecule has 0 aliphatic carbocycles. The van der Waals surface area contributed by atoms with Crippen LogP contribution in [-0.2, 0) is 0 Å². The summed E-state index contributed by atoms with van der Waals surface area (Å²) in [4.78, 5) is 7.51. The Balaban J connectivity index is 2.09. The summed E-state index contributed by atoms with van der Waals surface area (Å²) in [6.07, 6.45) is 1.73. The number of aromatic hydroxyl groups is 1. The lowest BCUT2D eigenvalue weighted by Gasteiger charge is -2.03. The Bertz CT molecular complexity index is 780. The third-order valence-corrected chi connectivity index (χ3v) is 3.49. The first-order valence-electron chi connectivity index (χ1n) is 6.57. The van der Waals surface area contributed by atoms with E-state index in [1.54, 1.807) is 6.21 Å². The van der Waals surface area contributed by atoms with Crippen LogP contribution in [0.15, 0.2) is 47.5 Å². The Morgan fingerprint density at radius 3 is 2.45 bits per heavy atom. The molecule has 3 heteroatoms. The Morgan fingerprint density at radius 1 is 1.00 bits per heavy atom. The van der Waals surface area contributed by atoms with Gasteiger partial charge in [-0.2, -0.15) is 0 Å². The average molecular weight is 264 g/mol. The molecule has 0 radical (unpaired) electrons. The number of aliphatic imine (C=N–C) groups is 1. The van der Waals surface area contributed by atoms with Gasteiger partial charge in [-0.1, -0.05) is 36.4 Å². The Hall–Kier alpha value is -2.55. The summed E-state index contributed by atoms with van der Waals surface area (Å²) < 4.78 is 0. The summed E-state index contributed by atoms with van der Waals surface area (Å²) in [6, 6.07) is 13.9. The second-order valence-electron chi connectivity index (χ2n) is 4.93. The lowest BCUT2D eigenvalue weighted by atomic mass is 10.1. The molecule has 3 nitrogen and oxygen atoms in total. The van der Waals surface area contributed by atoms with E-state index in [0.29, 0.717) is 0 Å². The summed E-state index contributed by atoms with van der Waals surface area (Å²) in [5, 5.41) is 11.0. The number of nitrogens with one attached hydrogen (secondary N) is 1. The predicted molar refractivity (Wildman–Crippen MR) is 83.1 cm³/mol. The van der Waals surface area contributed by atoms with E-state index in [1.807, 2.05) is 56.3 Å². The Labute approximate surface area is 117 Å². The van der Waals surface area contributed by atoms with Crippen LogP contribution in [0, 0.1) is 13.8 Å². The maximum absolute atomic E-state index is 10.0. The molecule has 100 valence electrons. The minimum atomic E-state index is 0.154. The summed E-state index contributed by atoms with van der Waals surface area (Å²) >= 11 is 0. The summed E-state index contributed by atoms with van der Waals surface area (Å²) in [7, 11) is 0. The van der Waals surface area contributed by atoms with Gasteiger partial charge in [0.15, 0.2) is 5.88 Å². The zero-order chi connectivity index (χ0) is 14.1. The number of hydrogen-bond donors (Lipinski definition) is 2. The topological polar surface area (TPSA) is 48.4 Å². The smallest absolute Gasteiger partial charge is 0.198 e. The third-order valence-electron chi connectivity index (χ3n) is 3.49. The maximum atomic E-state index is 10.0. The highest BCUT2D eigenvalue weighted by Crippen LogP contribution is 2.27. The molecule has 0 unspecified atom stereocenters. The van der Waals surface area contributed by atoms with Crippen LogP contribution in [0.3, 0.4) is 0 Å². The van der Waals surface area contributed by atoms with Crippen LogP contribution < -0.4 is 0 Å². The second kappa shape index (κ2) is 4.85. The molecule has 3 aromatic rings. The van der Waals surface area contributed by atoms with Gasteiger partial charge in [0.05, 0.1) is 11.3 Å². The molecule has 20 heavy (non-hydrogen) atoms. The van der Waals surface area contributed by atoms with Crippen molar-refractivity contribution in [1.29, 1.82) is 0 Å². The summed E-state index contributed by atoms with van der Waals surface area (Å²) in [5.74, 6) is 0.154. The van der Waals surface area contributed by atoms with Gasteiger partial charge < -0.3 is 10.1 Å². The first kappa shape index (κ1) is 12.5. The zero-order valence-electron chi connectivity index (χ0n) is 11.5. The molecule has 0 bridgehead atoms. The van der Waals surface area contributed by atoms with Crippen LogP contribution in [0.4, 0.5) is 5.69 Å². The van der Waals surface area contributed by atoms with Gasteiger partial charge in [-0.25, -0.2) is 0 Å². The van der Waals surface area contributed by atoms with Gasteiger partial charge in [0.2, 0.25) is 0 Å². The van der Waals surface area contributed by atoms with Crippen molar-refractivity contribution in [3.63, 3.8) is 0 Å². The minimum Gasteiger partial charge on any atom is -0.494 e. The second-order valence-corrected chi connectivity index (χ2v) is 4.93. The van der Waals surface area contributed by atoms with Gasteiger partial charge in [-0.15, -0.1) is 0 Å². The van der Waals surface area contributed by atoms with Gasteiger partial charge in [0.25, 0.3) is 0 Å². The van der Waals surface area contributed by atoms with Crippen molar-refractivity contribution >= 4 is 22.8 Å². The predicted octanol–water partition coefficient (Wildman–Crippen LogP) is 4.24. The van der Waals surface area contributed by atoms with Crippen LogP contribution >= 0.6 is 0 Å². The van der Waals surface area contributed by atoms with E-state index >= 15 is 0 Å². The number of aryl methyl sites for hydroxylation is 2. The van der Waals surface area contributed by atoms with Crippen LogP contribution in [0.5, 0.6) is 5.88 Å². The first-order chi connectivity index (χ1) is 9.66. The molecule has 1 heterocycles. The van der Waals surface area contributed by atoms with Crippen LogP contribution in [0.25, 0.3) is 10.9 Å². The lowest BCUT2D eigenvalue weighted by Crippen LogP contribution is -1.83. The monoisotopic (exact) mass is 264 g/mol. The van der Waals surface area contributed by atoms with E-state index in [-0.39, 0.29) is 5.88 Å². The van der Waals surface area contributed by atoms with Crippen molar-refractivity contribution in [2.24, 2.45) is 4.99 Å². The van der Waals surface area contributed by atoms with Crippen molar-refractivity contribution < 1.29 is 5.11 Å². The fourth-order valence-electron chi connectivity index (χ4n) is 2.42. The van der Waals surface area contributed by atoms with Gasteiger partial charge in [-0.05, 0) is 31.0 Å². The number of aromatic nitrogens is 1. The molecule has 3 rings (SSSR count). The van der Waals surface area contributed by atoms with Gasteiger partial charge in [-0.3, -0.25) is 4.99 Å². The Kier molecular flexibility index (Phi) is 3.03. The molecular formula is C17H16N2O. The highest BCUT2D eigenvalue weighted by Gasteiger charge is 2.08. The number of aromatic amines is 1. The summed E-state index contributed by atoms with van der Waals surface area (Å²) in [6.45, 7) is 4.07. The fourth-order valence-corrected chi connectivity index (χ4v) is 2.42. The van der Waals surface area contributed by atoms with E-state index in [0.717, 1.165) is 33.3 Å². The normalized spacial score (nSPS) is 11.5. The quantitative estimate of drug-likeness (QED) is 0.668. The highest BCUT2D eigenvalue weighted by atomic mass is 16.3. The first-order valence-corrected chi connectivity index (χ1v) is 6.57. The van der Waals surface area contributed by atoms with E-state index in [2.05, 4.69) is 9.98 Å². The number of nitrogens with zero attached hydrogens (tertiary/aromatic N) is 1. The molecule has 0 saturated heterocycles. The number of benzene rings is 2. The van der Waals surface area contributed by atoms with E-state index < -0.39 is 0 Å². The van der Waals surface area contributed by atoms with E-state index in [4.69, 9.17) is 0 Å². The molecule has 0 spiro atoms. The van der Waals surface area contributed by atoms with Crippen LogP contribution in [0.1, 0.15) is 16.7 Å². The minimum absolute atomic E-state index is 0.154. The molecule has 1 aromatic heterocycles. The molecule has 2 N–H and O–H groups in total. The van der Waals surface area contributed by atoms with E-state index in [9.17, 15) is 5.11 Å². The van der Waals surface area contributed by atoms with Crippen molar-refractivity contribution in [1.82, 2.24) is 4.98 Å². The van der Waals surface area contributed by atoms with Crippen molar-refractivity contribution in [3.05, 3.63) is 59.2 Å². The number of hydrogen-bond acceptors (Lipinski definition) is 2. The number of fused-ring (bicyclic) bond motifs is 1. The summed E-state index contributed by atoms with van der Waals surface area (Å²) in [5.41, 5.74) is 4.84. The molecule has 0 fully saturated rings. The molecule has 0 aliphatic rings. The maximum Gasteiger partial charge on any atom is 0.198 e. The number of H-pyrrole nitrogens is 1. The van der Waals surface area contributed by atoms with Crippen LogP contribution in [0.2, 0.25) is 0 Å². The molecule has 2 aromatic carbocycles. The molecular weight excluding hydrogens is 248 g/mol.